The Labute approximate surface area is 177 Å². The fourth-order valence-corrected chi connectivity index (χ4v) is 5.26. The lowest BCUT2D eigenvalue weighted by Gasteiger charge is -2.09. The van der Waals surface area contributed by atoms with E-state index in [2.05, 4.69) is 66.7 Å². The molecular weight excluding hydrogens is 386 g/mol. The fourth-order valence-electron chi connectivity index (χ4n) is 4.13. The smallest absolute Gasteiger partial charge is 0.128 e. The van der Waals surface area contributed by atoms with Crippen LogP contribution in [-0.4, -0.2) is 10.1 Å². The van der Waals surface area contributed by atoms with Crippen molar-refractivity contribution < 1.29 is 5.11 Å². The summed E-state index contributed by atoms with van der Waals surface area (Å²) in [6.07, 6.45) is 0. The lowest BCUT2D eigenvalue weighted by Crippen LogP contribution is -1.84. The second-order valence-electron chi connectivity index (χ2n) is 7.41. The third-order valence-electron chi connectivity index (χ3n) is 5.61. The molecule has 6 aromatic rings. The van der Waals surface area contributed by atoms with Crippen LogP contribution in [0.4, 0.5) is 0 Å². The molecule has 3 heteroatoms. The summed E-state index contributed by atoms with van der Waals surface area (Å²) in [5, 5.41) is 16.5. The number of hydrogen-bond acceptors (Lipinski definition) is 3. The predicted molar refractivity (Wildman–Crippen MR) is 127 cm³/mol. The van der Waals surface area contributed by atoms with Crippen LogP contribution in [0.3, 0.4) is 0 Å². The second kappa shape index (κ2) is 6.68. The Kier molecular flexibility index (Phi) is 3.83. The van der Waals surface area contributed by atoms with Crippen LogP contribution in [0.1, 0.15) is 0 Å². The Balaban J connectivity index is 1.49. The van der Waals surface area contributed by atoms with Crippen LogP contribution in [0.15, 0.2) is 97.1 Å². The average Bonchev–Trinajstić information content (AvgIpc) is 3.23. The fraction of sp³-hybridized carbons (Fsp3) is 0. The summed E-state index contributed by atoms with van der Waals surface area (Å²) in [4.78, 5) is 4.80. The highest BCUT2D eigenvalue weighted by atomic mass is 32.1. The number of rotatable bonds is 2. The summed E-state index contributed by atoms with van der Waals surface area (Å²) >= 11 is 1.63. The third-order valence-corrected chi connectivity index (χ3v) is 6.75. The van der Waals surface area contributed by atoms with Crippen molar-refractivity contribution in [3.63, 3.8) is 0 Å². The summed E-state index contributed by atoms with van der Waals surface area (Å²) in [5.74, 6) is 0.254. The van der Waals surface area contributed by atoms with E-state index in [1.165, 1.54) is 21.5 Å². The van der Waals surface area contributed by atoms with E-state index in [0.29, 0.717) is 0 Å². The molecule has 0 fully saturated rings. The van der Waals surface area contributed by atoms with Crippen molar-refractivity contribution in [2.24, 2.45) is 0 Å². The number of thiazole rings is 1. The van der Waals surface area contributed by atoms with Crippen molar-refractivity contribution in [1.29, 1.82) is 0 Å². The minimum absolute atomic E-state index is 0.254. The molecule has 0 spiro atoms. The van der Waals surface area contributed by atoms with Gasteiger partial charge in [0.2, 0.25) is 0 Å². The lowest BCUT2D eigenvalue weighted by molar-refractivity contribution is 0.477. The monoisotopic (exact) mass is 403 g/mol. The van der Waals surface area contributed by atoms with Gasteiger partial charge in [-0.2, -0.15) is 0 Å². The summed E-state index contributed by atoms with van der Waals surface area (Å²) in [6, 6.07) is 33.0. The first-order valence-electron chi connectivity index (χ1n) is 9.88. The van der Waals surface area contributed by atoms with E-state index in [0.717, 1.165) is 31.9 Å². The molecule has 0 aliphatic rings. The maximum Gasteiger partial charge on any atom is 0.128 e. The Hall–Kier alpha value is -3.69. The molecule has 1 heterocycles. The summed E-state index contributed by atoms with van der Waals surface area (Å²) < 4.78 is 1.15. The summed E-state index contributed by atoms with van der Waals surface area (Å²) in [5.41, 5.74) is 3.85. The highest BCUT2D eigenvalue weighted by molar-refractivity contribution is 7.22. The second-order valence-corrected chi connectivity index (χ2v) is 8.41. The molecule has 0 radical (unpaired) electrons. The normalized spacial score (nSPS) is 11.5. The zero-order chi connectivity index (χ0) is 20.1. The molecule has 6 rings (SSSR count). The van der Waals surface area contributed by atoms with Crippen LogP contribution < -0.4 is 0 Å². The Morgan fingerprint density at radius 3 is 2.20 bits per heavy atom. The predicted octanol–water partition coefficient (Wildman–Crippen LogP) is 7.64. The lowest BCUT2D eigenvalue weighted by atomic mass is 9.97. The standard InChI is InChI=1S/C27H17NOS/c29-25-16-19(21-11-5-8-17-6-1-3-9-20(17)21)12-14-23(25)27-28-24-15-13-18-7-2-4-10-22(18)26(24)30-27/h1-16,29H. The van der Waals surface area contributed by atoms with E-state index in [4.69, 9.17) is 4.98 Å². The number of benzene rings is 5. The van der Waals surface area contributed by atoms with E-state index in [1.54, 1.807) is 11.3 Å². The molecule has 0 aliphatic heterocycles. The molecule has 0 aliphatic carbocycles. The van der Waals surface area contributed by atoms with Gasteiger partial charge in [0.05, 0.1) is 15.8 Å². The molecule has 142 valence electrons. The number of phenols is 1. The molecule has 0 bridgehead atoms. The van der Waals surface area contributed by atoms with Crippen LogP contribution in [0.2, 0.25) is 0 Å². The largest absolute Gasteiger partial charge is 0.507 e. The third kappa shape index (κ3) is 2.67. The Morgan fingerprint density at radius 1 is 0.633 bits per heavy atom. The van der Waals surface area contributed by atoms with E-state index < -0.39 is 0 Å². The molecule has 1 N–H and O–H groups in total. The number of aromatic hydroxyl groups is 1. The van der Waals surface area contributed by atoms with Gasteiger partial charge in [0.25, 0.3) is 0 Å². The van der Waals surface area contributed by atoms with Gasteiger partial charge in [-0.1, -0.05) is 78.9 Å². The molecule has 30 heavy (non-hydrogen) atoms. The van der Waals surface area contributed by atoms with Crippen molar-refractivity contribution in [1.82, 2.24) is 4.98 Å². The quantitative estimate of drug-likeness (QED) is 0.322. The van der Waals surface area contributed by atoms with Crippen molar-refractivity contribution in [3.8, 4) is 27.4 Å². The van der Waals surface area contributed by atoms with Gasteiger partial charge < -0.3 is 5.11 Å². The molecule has 5 aromatic carbocycles. The van der Waals surface area contributed by atoms with Gasteiger partial charge in [-0.3, -0.25) is 0 Å². The van der Waals surface area contributed by atoms with Gasteiger partial charge in [-0.05, 0) is 45.5 Å². The van der Waals surface area contributed by atoms with Crippen LogP contribution in [-0.2, 0) is 0 Å². The van der Waals surface area contributed by atoms with Gasteiger partial charge >= 0.3 is 0 Å². The molecular formula is C27H17NOS. The maximum atomic E-state index is 10.9. The van der Waals surface area contributed by atoms with E-state index in [-0.39, 0.29) is 5.75 Å². The van der Waals surface area contributed by atoms with E-state index >= 15 is 0 Å². The van der Waals surface area contributed by atoms with E-state index in [1.807, 2.05) is 30.3 Å². The number of hydrogen-bond donors (Lipinski definition) is 1. The van der Waals surface area contributed by atoms with Crippen molar-refractivity contribution >= 4 is 43.1 Å². The van der Waals surface area contributed by atoms with Gasteiger partial charge in [0.1, 0.15) is 10.8 Å². The van der Waals surface area contributed by atoms with Crippen LogP contribution in [0.25, 0.3) is 53.5 Å². The van der Waals surface area contributed by atoms with Crippen LogP contribution in [0.5, 0.6) is 5.75 Å². The topological polar surface area (TPSA) is 33.1 Å². The van der Waals surface area contributed by atoms with Crippen molar-refractivity contribution in [2.75, 3.05) is 0 Å². The van der Waals surface area contributed by atoms with Crippen LogP contribution >= 0.6 is 11.3 Å². The molecule has 0 amide bonds. The van der Waals surface area contributed by atoms with Crippen molar-refractivity contribution in [3.05, 3.63) is 97.1 Å². The van der Waals surface area contributed by atoms with Gasteiger partial charge in [-0.25, -0.2) is 4.98 Å². The number of aromatic nitrogens is 1. The zero-order valence-electron chi connectivity index (χ0n) is 16.0. The maximum absolute atomic E-state index is 10.9. The number of fused-ring (bicyclic) bond motifs is 4. The highest BCUT2D eigenvalue weighted by Gasteiger charge is 2.14. The molecule has 0 unspecified atom stereocenters. The molecule has 0 atom stereocenters. The summed E-state index contributed by atoms with van der Waals surface area (Å²) in [7, 11) is 0. The first-order valence-corrected chi connectivity index (χ1v) is 10.7. The Morgan fingerprint density at radius 2 is 1.37 bits per heavy atom. The summed E-state index contributed by atoms with van der Waals surface area (Å²) in [6.45, 7) is 0. The SMILES string of the molecule is Oc1cc(-c2cccc3ccccc23)ccc1-c1nc2ccc3ccccc3c2s1. The van der Waals surface area contributed by atoms with Crippen LogP contribution in [0, 0.1) is 0 Å². The molecule has 2 nitrogen and oxygen atoms in total. The molecule has 0 saturated carbocycles. The van der Waals surface area contributed by atoms with Gasteiger partial charge in [0, 0.05) is 5.39 Å². The van der Waals surface area contributed by atoms with Crippen molar-refractivity contribution in [2.45, 2.75) is 0 Å². The Bertz CT molecular complexity index is 1560. The van der Waals surface area contributed by atoms with E-state index in [9.17, 15) is 5.11 Å². The minimum Gasteiger partial charge on any atom is -0.507 e. The molecule has 1 aromatic heterocycles. The average molecular weight is 404 g/mol. The van der Waals surface area contributed by atoms with Gasteiger partial charge in [-0.15, -0.1) is 11.3 Å². The minimum atomic E-state index is 0.254. The number of nitrogens with zero attached hydrogens (tertiary/aromatic N) is 1. The highest BCUT2D eigenvalue weighted by Crippen LogP contribution is 2.40. The number of phenolic OH excluding ortho intramolecular Hbond substituents is 1. The molecule has 0 saturated heterocycles. The first kappa shape index (κ1) is 17.2. The zero-order valence-corrected chi connectivity index (χ0v) is 16.9. The van der Waals surface area contributed by atoms with Gasteiger partial charge in [0.15, 0.2) is 0 Å². The first-order chi connectivity index (χ1) is 14.8.